The minimum Gasteiger partial charge on any atom is -0.465 e. The van der Waals surface area contributed by atoms with E-state index < -0.39 is 36.3 Å². The van der Waals surface area contributed by atoms with Gasteiger partial charge in [0.25, 0.3) is 0 Å². The second-order valence-electron chi connectivity index (χ2n) is 5.60. The van der Waals surface area contributed by atoms with Crippen molar-refractivity contribution in [1.29, 1.82) is 0 Å². The molecule has 0 spiro atoms. The quantitative estimate of drug-likeness (QED) is 0.424. The van der Waals surface area contributed by atoms with Crippen LogP contribution in [0.15, 0.2) is 24.3 Å². The van der Waals surface area contributed by atoms with Gasteiger partial charge in [-0.15, -0.1) is 0 Å². The molecule has 0 saturated carbocycles. The highest BCUT2D eigenvalue weighted by atomic mass is 16.5. The fraction of sp³-hybridized carbons (Fsp3) is 0.353. The molecular weight excluding hydrogens is 342 g/mol. The number of nitrogens with zero attached hydrogens (tertiary/aromatic N) is 2. The molecule has 1 saturated heterocycles. The van der Waals surface area contributed by atoms with E-state index in [1.807, 2.05) is 0 Å². The number of esters is 1. The van der Waals surface area contributed by atoms with E-state index in [0.717, 1.165) is 4.90 Å². The Labute approximate surface area is 149 Å². The third-order valence-electron chi connectivity index (χ3n) is 3.75. The van der Waals surface area contributed by atoms with Gasteiger partial charge < -0.3 is 10.1 Å². The molecule has 138 valence electrons. The molecule has 0 aliphatic carbocycles. The van der Waals surface area contributed by atoms with E-state index in [1.165, 1.54) is 7.11 Å². The Hall–Kier alpha value is -3.23. The molecule has 0 unspecified atom stereocenters. The number of imide groups is 2. The van der Waals surface area contributed by atoms with E-state index in [0.29, 0.717) is 22.4 Å². The Bertz CT molecular complexity index is 743. The Morgan fingerprint density at radius 3 is 2.23 bits per heavy atom. The predicted octanol–water partition coefficient (Wildman–Crippen LogP) is 0.290. The van der Waals surface area contributed by atoms with Crippen molar-refractivity contribution in [2.45, 2.75) is 19.9 Å². The van der Waals surface area contributed by atoms with Gasteiger partial charge in [0.2, 0.25) is 5.91 Å². The zero-order chi connectivity index (χ0) is 19.3. The molecule has 9 heteroatoms. The van der Waals surface area contributed by atoms with Gasteiger partial charge in [0.05, 0.1) is 12.7 Å². The third-order valence-corrected chi connectivity index (χ3v) is 3.75. The lowest BCUT2D eigenvalue weighted by Gasteiger charge is -2.14. The molecule has 1 aromatic rings. The van der Waals surface area contributed by atoms with E-state index in [9.17, 15) is 24.0 Å². The average Bonchev–Trinajstić information content (AvgIpc) is 2.84. The highest BCUT2D eigenvalue weighted by molar-refractivity contribution is 6.45. The number of carbonyl (C=O) groups excluding carboxylic acids is 5. The van der Waals surface area contributed by atoms with Crippen LogP contribution >= 0.6 is 0 Å². The number of ether oxygens (including phenoxy) is 1. The van der Waals surface area contributed by atoms with Crippen molar-refractivity contribution in [3.8, 4) is 0 Å². The van der Waals surface area contributed by atoms with Crippen LogP contribution < -0.4 is 5.32 Å². The van der Waals surface area contributed by atoms with Gasteiger partial charge in [-0.2, -0.15) is 0 Å². The topological polar surface area (TPSA) is 113 Å². The maximum Gasteiger partial charge on any atom is 0.337 e. The lowest BCUT2D eigenvalue weighted by molar-refractivity contribution is -0.144. The van der Waals surface area contributed by atoms with Crippen LogP contribution in [0.4, 0.5) is 4.79 Å². The molecule has 1 heterocycles. The fourth-order valence-electron chi connectivity index (χ4n) is 2.39. The zero-order valence-corrected chi connectivity index (χ0v) is 14.5. The number of nitrogens with one attached hydrogen (secondary N) is 1. The third kappa shape index (κ3) is 4.05. The molecule has 1 N–H and O–H groups in total. The lowest BCUT2D eigenvalue weighted by atomic mass is 10.1. The molecule has 1 aromatic carbocycles. The molecule has 1 aliphatic rings. The van der Waals surface area contributed by atoms with E-state index >= 15 is 0 Å². The smallest absolute Gasteiger partial charge is 0.337 e. The van der Waals surface area contributed by atoms with Gasteiger partial charge in [0.1, 0.15) is 6.54 Å². The van der Waals surface area contributed by atoms with Crippen molar-refractivity contribution in [2.75, 3.05) is 20.2 Å². The number of benzene rings is 1. The van der Waals surface area contributed by atoms with Gasteiger partial charge in [-0.25, -0.2) is 14.5 Å². The van der Waals surface area contributed by atoms with Crippen LogP contribution in [-0.4, -0.2) is 59.7 Å². The van der Waals surface area contributed by atoms with Crippen molar-refractivity contribution < 1.29 is 28.7 Å². The Morgan fingerprint density at radius 1 is 1.04 bits per heavy atom. The van der Waals surface area contributed by atoms with Crippen LogP contribution in [0, 0.1) is 0 Å². The first-order valence-corrected chi connectivity index (χ1v) is 8.00. The maximum absolute atomic E-state index is 12.0. The normalized spacial score (nSPS) is 14.0. The second-order valence-corrected chi connectivity index (χ2v) is 5.60. The van der Waals surface area contributed by atoms with Gasteiger partial charge in [-0.05, 0) is 24.1 Å². The lowest BCUT2D eigenvalue weighted by Crippen LogP contribution is -2.41. The van der Waals surface area contributed by atoms with Crippen LogP contribution in [0.2, 0.25) is 0 Å². The molecule has 1 aliphatic heterocycles. The monoisotopic (exact) mass is 361 g/mol. The molecule has 2 rings (SSSR count). The minimum atomic E-state index is -0.999. The molecule has 9 nitrogen and oxygen atoms in total. The summed E-state index contributed by atoms with van der Waals surface area (Å²) < 4.78 is 4.59. The first kappa shape index (κ1) is 19.1. The minimum absolute atomic E-state index is 0.133. The highest BCUT2D eigenvalue weighted by Gasteiger charge is 2.44. The number of hydrogen-bond donors (Lipinski definition) is 1. The molecule has 0 aromatic heterocycles. The Balaban J connectivity index is 1.91. The summed E-state index contributed by atoms with van der Waals surface area (Å²) in [6, 6.07) is 5.63. The van der Waals surface area contributed by atoms with E-state index in [4.69, 9.17) is 0 Å². The standard InChI is InChI=1S/C17H19N3O6/c1-3-8-19-14(22)15(23)20(17(19)25)10-13(21)18-9-11-4-6-12(7-5-11)16(24)26-2/h4-7H,3,8-10H2,1-2H3,(H,18,21). The van der Waals surface area contributed by atoms with Crippen molar-refractivity contribution in [3.63, 3.8) is 0 Å². The second kappa shape index (κ2) is 8.24. The van der Waals surface area contributed by atoms with Crippen molar-refractivity contribution in [2.24, 2.45) is 0 Å². The van der Waals surface area contributed by atoms with Crippen LogP contribution in [-0.2, 0) is 25.7 Å². The van der Waals surface area contributed by atoms with Crippen LogP contribution in [0.1, 0.15) is 29.3 Å². The Kier molecular flexibility index (Phi) is 6.05. The van der Waals surface area contributed by atoms with Gasteiger partial charge in [-0.3, -0.25) is 19.3 Å². The highest BCUT2D eigenvalue weighted by Crippen LogP contribution is 2.12. The van der Waals surface area contributed by atoms with Gasteiger partial charge in [0.15, 0.2) is 0 Å². The molecular formula is C17H19N3O6. The molecule has 26 heavy (non-hydrogen) atoms. The number of carbonyl (C=O) groups is 5. The van der Waals surface area contributed by atoms with E-state index in [2.05, 4.69) is 10.1 Å². The molecule has 0 bridgehead atoms. The van der Waals surface area contributed by atoms with Crippen LogP contribution in [0.3, 0.4) is 0 Å². The summed E-state index contributed by atoms with van der Waals surface area (Å²) in [6.07, 6.45) is 0.520. The molecule has 0 radical (unpaired) electrons. The zero-order valence-electron chi connectivity index (χ0n) is 14.5. The summed E-state index contributed by atoms with van der Waals surface area (Å²) in [7, 11) is 1.28. The molecule has 1 fully saturated rings. The largest absolute Gasteiger partial charge is 0.465 e. The first-order chi connectivity index (χ1) is 12.4. The SMILES string of the molecule is CCCN1C(=O)C(=O)N(CC(=O)NCc2ccc(C(=O)OC)cc2)C1=O. The number of methoxy groups -OCH3 is 1. The average molecular weight is 361 g/mol. The summed E-state index contributed by atoms with van der Waals surface area (Å²) in [5.74, 6) is -2.95. The van der Waals surface area contributed by atoms with Crippen LogP contribution in [0.5, 0.6) is 0 Å². The summed E-state index contributed by atoms with van der Waals surface area (Å²) in [4.78, 5) is 60.4. The van der Waals surface area contributed by atoms with Gasteiger partial charge in [-0.1, -0.05) is 19.1 Å². The first-order valence-electron chi connectivity index (χ1n) is 8.00. The number of amides is 5. The predicted molar refractivity (Wildman–Crippen MR) is 88.7 cm³/mol. The van der Waals surface area contributed by atoms with Gasteiger partial charge >= 0.3 is 23.8 Å². The maximum atomic E-state index is 12.0. The molecule has 5 amide bonds. The molecule has 0 atom stereocenters. The summed E-state index contributed by atoms with van der Waals surface area (Å²) in [5, 5.41) is 2.56. The van der Waals surface area contributed by atoms with Crippen molar-refractivity contribution in [3.05, 3.63) is 35.4 Å². The number of urea groups is 1. The van der Waals surface area contributed by atoms with E-state index in [-0.39, 0.29) is 13.1 Å². The summed E-state index contributed by atoms with van der Waals surface area (Å²) in [5.41, 5.74) is 1.10. The fourth-order valence-corrected chi connectivity index (χ4v) is 2.39. The summed E-state index contributed by atoms with van der Waals surface area (Å²) >= 11 is 0. The van der Waals surface area contributed by atoms with Crippen LogP contribution in [0.25, 0.3) is 0 Å². The van der Waals surface area contributed by atoms with Gasteiger partial charge in [0, 0.05) is 13.1 Å². The van der Waals surface area contributed by atoms with Crippen molar-refractivity contribution >= 4 is 29.7 Å². The van der Waals surface area contributed by atoms with Crippen molar-refractivity contribution in [1.82, 2.24) is 15.1 Å². The number of hydrogen-bond acceptors (Lipinski definition) is 6. The van der Waals surface area contributed by atoms with E-state index in [1.54, 1.807) is 31.2 Å². The summed E-state index contributed by atoms with van der Waals surface area (Å²) in [6.45, 7) is 1.52. The Morgan fingerprint density at radius 2 is 1.65 bits per heavy atom. The number of rotatable bonds is 7.